The van der Waals surface area contributed by atoms with Crippen molar-refractivity contribution in [1.82, 2.24) is 19.6 Å². The van der Waals surface area contributed by atoms with E-state index in [0.29, 0.717) is 48.4 Å². The number of piperidine rings is 1. The Morgan fingerprint density at radius 1 is 0.951 bits per heavy atom. The van der Waals surface area contributed by atoms with Crippen LogP contribution in [0.25, 0.3) is 11.3 Å². The number of hydrogen-bond donors (Lipinski definition) is 2. The smallest absolute Gasteiger partial charge is 0.298 e. The summed E-state index contributed by atoms with van der Waals surface area (Å²) in [5.41, 5.74) is 7.67. The number of nitrogens with two attached hydrogens (primary N) is 1. The summed E-state index contributed by atoms with van der Waals surface area (Å²) >= 11 is 0. The average Bonchev–Trinajstić information content (AvgIpc) is 3.66. The summed E-state index contributed by atoms with van der Waals surface area (Å²) in [7, 11) is 0. The molecule has 2 amide bonds. The third kappa shape index (κ3) is 5.93. The molecule has 2 saturated heterocycles. The summed E-state index contributed by atoms with van der Waals surface area (Å²) in [5, 5.41) is 8.33. The Morgan fingerprint density at radius 3 is 2.37 bits per heavy atom. The summed E-state index contributed by atoms with van der Waals surface area (Å²) in [6.07, 6.45) is 5.07. The molecule has 3 aliphatic heterocycles. The molecule has 3 N–H and O–H groups in total. The van der Waals surface area contributed by atoms with Crippen LogP contribution in [0.1, 0.15) is 48.5 Å². The molecule has 0 bridgehead atoms. The molecule has 3 aliphatic rings. The van der Waals surface area contributed by atoms with E-state index in [0.717, 1.165) is 50.2 Å². The van der Waals surface area contributed by atoms with Gasteiger partial charge in [-0.1, -0.05) is 24.1 Å². The molecule has 6 rings (SSSR count). The molecule has 0 aliphatic carbocycles. The normalized spacial score (nSPS) is 19.1. The number of carbonyl (C=O) groups is 2. The molecule has 1 aromatic heterocycles. The summed E-state index contributed by atoms with van der Waals surface area (Å²) in [4.78, 5) is 29.5. The molecule has 0 spiro atoms. The van der Waals surface area contributed by atoms with Crippen LogP contribution in [0, 0.1) is 17.8 Å². The van der Waals surface area contributed by atoms with Crippen LogP contribution in [-0.4, -0.2) is 70.7 Å². The standard InChI is InChI=1S/C32H36N6O3/c33-31(40)29-30(24-10-12-26(13-11-24)41-25-7-2-1-3-8-25)35-38-27(14-17-34-32(29)38)23-15-21-37(22-16-23)28(39)9-6-20-36-18-4-5-19-36/h1-3,7-8,10-13,23,27,34H,4-5,14-22H2,(H2,33,40). The van der Waals surface area contributed by atoms with Crippen molar-refractivity contribution in [2.75, 3.05) is 44.6 Å². The minimum atomic E-state index is -0.507. The van der Waals surface area contributed by atoms with Gasteiger partial charge in [-0.05, 0) is 93.4 Å². The van der Waals surface area contributed by atoms with Crippen LogP contribution in [0.15, 0.2) is 54.6 Å². The first kappa shape index (κ1) is 26.9. The molecule has 212 valence electrons. The zero-order valence-corrected chi connectivity index (χ0v) is 23.2. The zero-order chi connectivity index (χ0) is 28.2. The molecule has 3 aromatic rings. The fourth-order valence-corrected chi connectivity index (χ4v) is 6.21. The van der Waals surface area contributed by atoms with Crippen molar-refractivity contribution < 1.29 is 14.3 Å². The molecule has 1 unspecified atom stereocenters. The van der Waals surface area contributed by atoms with E-state index in [-0.39, 0.29) is 11.9 Å². The highest BCUT2D eigenvalue weighted by Gasteiger charge is 2.35. The van der Waals surface area contributed by atoms with Crippen LogP contribution in [-0.2, 0) is 4.79 Å². The predicted molar refractivity (Wildman–Crippen MR) is 158 cm³/mol. The molecule has 0 saturated carbocycles. The maximum absolute atomic E-state index is 12.7. The van der Waals surface area contributed by atoms with Crippen molar-refractivity contribution in [3.8, 4) is 34.6 Å². The molecular formula is C32H36N6O3. The highest BCUT2D eigenvalue weighted by molar-refractivity contribution is 6.03. The Bertz CT molecular complexity index is 1440. The first-order valence-corrected chi connectivity index (χ1v) is 14.6. The van der Waals surface area contributed by atoms with E-state index in [2.05, 4.69) is 22.1 Å². The van der Waals surface area contributed by atoms with Gasteiger partial charge in [0.1, 0.15) is 28.6 Å². The fraction of sp³-hybridized carbons (Fsp3) is 0.406. The number of carbonyl (C=O) groups excluding carboxylic acids is 2. The van der Waals surface area contributed by atoms with E-state index < -0.39 is 5.91 Å². The molecule has 9 heteroatoms. The largest absolute Gasteiger partial charge is 0.457 e. The number of amides is 2. The van der Waals surface area contributed by atoms with E-state index in [4.69, 9.17) is 15.6 Å². The lowest BCUT2D eigenvalue weighted by atomic mass is 9.87. The Balaban J connectivity index is 1.15. The Labute approximate surface area is 240 Å². The van der Waals surface area contributed by atoms with Crippen molar-refractivity contribution in [2.45, 2.75) is 38.1 Å². The van der Waals surface area contributed by atoms with Crippen molar-refractivity contribution in [2.24, 2.45) is 11.7 Å². The van der Waals surface area contributed by atoms with E-state index in [1.54, 1.807) is 0 Å². The second-order valence-corrected chi connectivity index (χ2v) is 11.0. The Kier molecular flexibility index (Phi) is 7.92. The number of anilines is 1. The molecular weight excluding hydrogens is 516 g/mol. The second kappa shape index (κ2) is 12.1. The van der Waals surface area contributed by atoms with Gasteiger partial charge in [-0.3, -0.25) is 14.5 Å². The molecule has 2 aromatic carbocycles. The minimum absolute atomic E-state index is 0.0780. The van der Waals surface area contributed by atoms with E-state index in [9.17, 15) is 9.59 Å². The second-order valence-electron chi connectivity index (χ2n) is 11.0. The van der Waals surface area contributed by atoms with Crippen molar-refractivity contribution in [3.05, 3.63) is 60.2 Å². The monoisotopic (exact) mass is 552 g/mol. The maximum atomic E-state index is 12.7. The molecule has 2 fully saturated rings. The van der Waals surface area contributed by atoms with Crippen molar-refractivity contribution in [3.63, 3.8) is 0 Å². The lowest BCUT2D eigenvalue weighted by Crippen LogP contribution is -2.41. The van der Waals surface area contributed by atoms with Crippen LogP contribution in [0.2, 0.25) is 0 Å². The lowest BCUT2D eigenvalue weighted by molar-refractivity contribution is -0.126. The quantitative estimate of drug-likeness (QED) is 0.446. The molecule has 1 atom stereocenters. The summed E-state index contributed by atoms with van der Waals surface area (Å²) < 4.78 is 7.89. The molecule has 41 heavy (non-hydrogen) atoms. The van der Waals surface area contributed by atoms with E-state index in [1.807, 2.05) is 64.2 Å². The minimum Gasteiger partial charge on any atom is -0.457 e. The van der Waals surface area contributed by atoms with Crippen LogP contribution in [0.4, 0.5) is 5.82 Å². The summed E-state index contributed by atoms with van der Waals surface area (Å²) in [5.74, 6) is 7.81. The van der Waals surface area contributed by atoms with Gasteiger partial charge in [-0.25, -0.2) is 4.68 Å². The van der Waals surface area contributed by atoms with Crippen molar-refractivity contribution >= 4 is 17.6 Å². The van der Waals surface area contributed by atoms with Gasteiger partial charge in [0.15, 0.2) is 0 Å². The van der Waals surface area contributed by atoms with Crippen LogP contribution < -0.4 is 15.8 Å². The lowest BCUT2D eigenvalue weighted by Gasteiger charge is -2.37. The van der Waals surface area contributed by atoms with E-state index >= 15 is 0 Å². The number of ether oxygens (including phenoxy) is 1. The number of nitrogens with zero attached hydrogens (tertiary/aromatic N) is 4. The van der Waals surface area contributed by atoms with Crippen molar-refractivity contribution in [1.29, 1.82) is 0 Å². The molecule has 9 nitrogen and oxygen atoms in total. The summed E-state index contributed by atoms with van der Waals surface area (Å²) in [6.45, 7) is 4.93. The Hall–Kier alpha value is -4.29. The van der Waals surface area contributed by atoms with Gasteiger partial charge < -0.3 is 20.7 Å². The van der Waals surface area contributed by atoms with Gasteiger partial charge >= 0.3 is 0 Å². The first-order valence-electron chi connectivity index (χ1n) is 14.6. The number of nitrogens with one attached hydrogen (secondary N) is 1. The third-order valence-electron chi connectivity index (χ3n) is 8.38. The van der Waals surface area contributed by atoms with Crippen LogP contribution in [0.5, 0.6) is 11.5 Å². The zero-order valence-electron chi connectivity index (χ0n) is 23.2. The topological polar surface area (TPSA) is 106 Å². The fourth-order valence-electron chi connectivity index (χ4n) is 6.21. The van der Waals surface area contributed by atoms with Gasteiger partial charge in [0.25, 0.3) is 11.8 Å². The van der Waals surface area contributed by atoms with Crippen LogP contribution in [0.3, 0.4) is 0 Å². The SMILES string of the molecule is NC(=O)c1c(-c2ccc(Oc3ccccc3)cc2)nn2c1NCCC2C1CCN(C(=O)C#CCN2CCCC2)CC1. The average molecular weight is 553 g/mol. The van der Waals surface area contributed by atoms with Gasteiger partial charge in [0, 0.05) is 25.2 Å². The predicted octanol–water partition coefficient (Wildman–Crippen LogP) is 4.14. The number of rotatable bonds is 6. The van der Waals surface area contributed by atoms with Gasteiger partial charge in [0.2, 0.25) is 0 Å². The number of hydrogen-bond acceptors (Lipinski definition) is 6. The highest BCUT2D eigenvalue weighted by atomic mass is 16.5. The number of para-hydroxylation sites is 1. The maximum Gasteiger partial charge on any atom is 0.298 e. The summed E-state index contributed by atoms with van der Waals surface area (Å²) in [6, 6.07) is 17.3. The van der Waals surface area contributed by atoms with Gasteiger partial charge in [0.05, 0.1) is 12.6 Å². The number of primary amides is 1. The molecule has 4 heterocycles. The Morgan fingerprint density at radius 2 is 1.66 bits per heavy atom. The van der Waals surface area contributed by atoms with Gasteiger partial charge in [-0.15, -0.1) is 0 Å². The number of benzene rings is 2. The van der Waals surface area contributed by atoms with E-state index in [1.165, 1.54) is 12.8 Å². The number of fused-ring (bicyclic) bond motifs is 1. The van der Waals surface area contributed by atoms with Crippen LogP contribution >= 0.6 is 0 Å². The number of aromatic nitrogens is 2. The highest BCUT2D eigenvalue weighted by Crippen LogP contribution is 2.40. The third-order valence-corrected chi connectivity index (χ3v) is 8.38. The first-order chi connectivity index (χ1) is 20.1. The number of likely N-dealkylation sites (tertiary alicyclic amines) is 2. The molecule has 0 radical (unpaired) electrons. The van der Waals surface area contributed by atoms with Gasteiger partial charge in [-0.2, -0.15) is 5.10 Å².